The second-order valence-electron chi connectivity index (χ2n) is 9.25. The molecule has 0 radical (unpaired) electrons. The van der Waals surface area contributed by atoms with Crippen LogP contribution in [-0.4, -0.2) is 64.8 Å². The highest BCUT2D eigenvalue weighted by atomic mass is 16.3. The minimum atomic E-state index is 0.0694. The maximum Gasteiger partial charge on any atom is 0.123 e. The van der Waals surface area contributed by atoms with Crippen LogP contribution in [0.3, 0.4) is 0 Å². The summed E-state index contributed by atoms with van der Waals surface area (Å²) in [5, 5.41) is 36.1. The smallest absolute Gasteiger partial charge is 0.123 e. The zero-order chi connectivity index (χ0) is 29.1. The lowest BCUT2D eigenvalue weighted by atomic mass is 9.96. The lowest BCUT2D eigenvalue weighted by molar-refractivity contribution is 0.136. The van der Waals surface area contributed by atoms with Gasteiger partial charge in [0.2, 0.25) is 0 Å². The first kappa shape index (κ1) is 31.3. The Morgan fingerprint density at radius 2 is 0.829 bits per heavy atom. The van der Waals surface area contributed by atoms with Crippen LogP contribution in [-0.2, 0) is 0 Å². The Labute approximate surface area is 243 Å². The zero-order valence-electron chi connectivity index (χ0n) is 23.3. The fraction of sp³-hybridized carbons (Fsp3) is 0.167. The predicted octanol–water partition coefficient (Wildman–Crippen LogP) is 6.17. The van der Waals surface area contributed by atoms with E-state index in [-0.39, 0.29) is 25.6 Å². The molecular weight excluding hydrogens is 510 g/mol. The normalized spacial score (nSPS) is 11.4. The Kier molecular flexibility index (Phi) is 13.8. The average Bonchev–Trinajstić information content (AvgIpc) is 3.01. The average molecular weight is 550 g/mol. The van der Waals surface area contributed by atoms with E-state index in [1.54, 1.807) is 11.0 Å². The first-order valence-electron chi connectivity index (χ1n) is 13.7. The van der Waals surface area contributed by atoms with E-state index in [1.165, 1.54) is 0 Å². The zero-order valence-corrected chi connectivity index (χ0v) is 23.3. The molecule has 212 valence electrons. The summed E-state index contributed by atoms with van der Waals surface area (Å²) in [6.07, 6.45) is 12.4. The van der Waals surface area contributed by atoms with E-state index in [0.717, 1.165) is 33.4 Å². The molecule has 0 fully saturated rings. The van der Waals surface area contributed by atoms with Crippen LogP contribution in [0, 0.1) is 0 Å². The van der Waals surface area contributed by atoms with Crippen LogP contribution in [0.15, 0.2) is 103 Å². The Morgan fingerprint density at radius 1 is 0.439 bits per heavy atom. The molecule has 4 aromatic rings. The molecule has 0 saturated carbocycles. The number of hydrogen-bond donors (Lipinski definition) is 4. The highest BCUT2D eigenvalue weighted by molar-refractivity contribution is 5.87. The van der Waals surface area contributed by atoms with Crippen molar-refractivity contribution in [3.63, 3.8) is 0 Å². The molecule has 5 nitrogen and oxygen atoms in total. The van der Waals surface area contributed by atoms with Gasteiger partial charge in [0.05, 0.1) is 19.8 Å². The summed E-state index contributed by atoms with van der Waals surface area (Å²) >= 11 is 0. The van der Waals surface area contributed by atoms with E-state index >= 15 is 0 Å². The summed E-state index contributed by atoms with van der Waals surface area (Å²) in [7, 11) is 0. The number of phenols is 1. The quantitative estimate of drug-likeness (QED) is 0.159. The predicted molar refractivity (Wildman–Crippen MR) is 172 cm³/mol. The first-order valence-corrected chi connectivity index (χ1v) is 13.7. The molecule has 0 spiro atoms. The van der Waals surface area contributed by atoms with Gasteiger partial charge in [0.15, 0.2) is 0 Å². The van der Waals surface area contributed by atoms with Gasteiger partial charge in [-0.25, -0.2) is 0 Å². The van der Waals surface area contributed by atoms with E-state index in [1.807, 2.05) is 84.9 Å². The SMILES string of the molecule is OCCN(CCO)CCO.Oc1ccc(C=Cc2ccccc2)c(C=Cc2ccccc2)c1C=Cc1ccccc1. The van der Waals surface area contributed by atoms with E-state index < -0.39 is 0 Å². The van der Waals surface area contributed by atoms with E-state index in [9.17, 15) is 5.11 Å². The summed E-state index contributed by atoms with van der Waals surface area (Å²) < 4.78 is 0. The van der Waals surface area contributed by atoms with Crippen LogP contribution in [0.4, 0.5) is 0 Å². The highest BCUT2D eigenvalue weighted by Crippen LogP contribution is 2.30. The van der Waals surface area contributed by atoms with Crippen LogP contribution < -0.4 is 0 Å². The van der Waals surface area contributed by atoms with Crippen molar-refractivity contribution in [1.29, 1.82) is 0 Å². The van der Waals surface area contributed by atoms with Crippen molar-refractivity contribution in [3.8, 4) is 5.75 Å². The van der Waals surface area contributed by atoms with Gasteiger partial charge in [-0.05, 0) is 33.9 Å². The van der Waals surface area contributed by atoms with Crippen molar-refractivity contribution in [1.82, 2.24) is 4.90 Å². The van der Waals surface area contributed by atoms with Gasteiger partial charge >= 0.3 is 0 Å². The molecule has 0 amide bonds. The van der Waals surface area contributed by atoms with E-state index in [4.69, 9.17) is 15.3 Å². The molecule has 0 heterocycles. The van der Waals surface area contributed by atoms with Gasteiger partial charge in [-0.15, -0.1) is 0 Å². The van der Waals surface area contributed by atoms with E-state index in [0.29, 0.717) is 19.6 Å². The third-order valence-corrected chi connectivity index (χ3v) is 6.29. The molecule has 0 aromatic heterocycles. The summed E-state index contributed by atoms with van der Waals surface area (Å²) in [4.78, 5) is 1.79. The number of aromatic hydroxyl groups is 1. The van der Waals surface area contributed by atoms with Crippen LogP contribution in [0.1, 0.15) is 33.4 Å². The van der Waals surface area contributed by atoms with Gasteiger partial charge in [-0.1, -0.05) is 134 Å². The summed E-state index contributed by atoms with van der Waals surface area (Å²) in [5.74, 6) is 0.261. The van der Waals surface area contributed by atoms with Gasteiger partial charge in [-0.3, -0.25) is 4.90 Å². The largest absolute Gasteiger partial charge is 0.507 e. The Morgan fingerprint density at radius 3 is 1.24 bits per heavy atom. The van der Waals surface area contributed by atoms with Crippen LogP contribution in [0.2, 0.25) is 0 Å². The molecule has 4 N–H and O–H groups in total. The second-order valence-corrected chi connectivity index (χ2v) is 9.25. The van der Waals surface area contributed by atoms with Gasteiger partial charge in [-0.2, -0.15) is 0 Å². The third kappa shape index (κ3) is 11.0. The van der Waals surface area contributed by atoms with Crippen molar-refractivity contribution in [2.24, 2.45) is 0 Å². The molecule has 5 heteroatoms. The molecule has 0 aliphatic rings. The molecule has 0 unspecified atom stereocenters. The lowest BCUT2D eigenvalue weighted by Crippen LogP contribution is -2.32. The molecule has 0 aliphatic heterocycles. The van der Waals surface area contributed by atoms with E-state index in [2.05, 4.69) is 48.6 Å². The molecular formula is C36H39NO4. The third-order valence-electron chi connectivity index (χ3n) is 6.29. The lowest BCUT2D eigenvalue weighted by Gasteiger charge is -2.17. The van der Waals surface area contributed by atoms with Crippen LogP contribution >= 0.6 is 0 Å². The van der Waals surface area contributed by atoms with Crippen molar-refractivity contribution < 1.29 is 20.4 Å². The maximum absolute atomic E-state index is 10.7. The molecule has 0 saturated heterocycles. The molecule has 0 bridgehead atoms. The Hall–Kier alpha value is -4.26. The van der Waals surface area contributed by atoms with Gasteiger partial charge in [0.25, 0.3) is 0 Å². The number of nitrogens with zero attached hydrogens (tertiary/aromatic N) is 1. The fourth-order valence-corrected chi connectivity index (χ4v) is 4.15. The number of phenolic OH excluding ortho intramolecular Hbond substituents is 1. The summed E-state index contributed by atoms with van der Waals surface area (Å²) in [6, 6.07) is 34.2. The topological polar surface area (TPSA) is 84.2 Å². The molecule has 4 aromatic carbocycles. The second kappa shape index (κ2) is 18.2. The van der Waals surface area contributed by atoms with Gasteiger partial charge in [0, 0.05) is 25.2 Å². The van der Waals surface area contributed by atoms with Crippen molar-refractivity contribution in [2.45, 2.75) is 0 Å². The van der Waals surface area contributed by atoms with Gasteiger partial charge < -0.3 is 20.4 Å². The number of hydrogen-bond acceptors (Lipinski definition) is 5. The number of aliphatic hydroxyl groups excluding tert-OH is 3. The van der Waals surface area contributed by atoms with Crippen molar-refractivity contribution >= 4 is 36.5 Å². The van der Waals surface area contributed by atoms with Gasteiger partial charge in [0.1, 0.15) is 5.75 Å². The molecule has 0 aliphatic carbocycles. The Balaban J connectivity index is 0.000000397. The van der Waals surface area contributed by atoms with Crippen LogP contribution in [0.5, 0.6) is 5.75 Å². The minimum Gasteiger partial charge on any atom is -0.507 e. The maximum atomic E-state index is 10.7. The fourth-order valence-electron chi connectivity index (χ4n) is 4.15. The van der Waals surface area contributed by atoms with Crippen molar-refractivity contribution in [2.75, 3.05) is 39.5 Å². The number of benzene rings is 4. The highest BCUT2D eigenvalue weighted by Gasteiger charge is 2.08. The summed E-state index contributed by atoms with van der Waals surface area (Å²) in [6.45, 7) is 1.75. The number of rotatable bonds is 12. The molecule has 41 heavy (non-hydrogen) atoms. The molecule has 0 atom stereocenters. The molecule has 4 rings (SSSR count). The monoisotopic (exact) mass is 549 g/mol. The Bertz CT molecular complexity index is 1350. The summed E-state index contributed by atoms with van der Waals surface area (Å²) in [5.41, 5.74) is 6.15. The van der Waals surface area contributed by atoms with Crippen LogP contribution in [0.25, 0.3) is 36.5 Å². The standard InChI is InChI=1S/C30H24O.C6H15NO3/c31-30-23-20-27(19-16-24-10-4-1-5-11-24)28(21-17-25-12-6-2-7-13-25)29(30)22-18-26-14-8-3-9-15-26;8-4-1-7(2-5-9)3-6-10/h1-23,31H;8-10H,1-6H2. The number of aliphatic hydroxyl groups is 3. The van der Waals surface area contributed by atoms with Crippen molar-refractivity contribution in [3.05, 3.63) is 137 Å². The first-order chi connectivity index (χ1) is 20.1. The minimum absolute atomic E-state index is 0.0694.